The van der Waals surface area contributed by atoms with Crippen molar-refractivity contribution in [1.82, 2.24) is 0 Å². The summed E-state index contributed by atoms with van der Waals surface area (Å²) in [5.74, 6) is -0.0452. The zero-order valence-corrected chi connectivity index (χ0v) is 7.63. The third-order valence-corrected chi connectivity index (χ3v) is 2.69. The number of benzene rings is 2. The maximum absolute atomic E-state index is 13.3. The summed E-state index contributed by atoms with van der Waals surface area (Å²) >= 11 is 0. The lowest BCUT2D eigenvalue weighted by atomic mass is 9.93. The number of allylic oxidation sites excluding steroid dienone is 1. The largest absolute Gasteiger partial charge is 0.211 e. The number of halogens is 1. The molecule has 0 bridgehead atoms. The average Bonchev–Trinajstić information content (AvgIpc) is 2.18. The van der Waals surface area contributed by atoms with Gasteiger partial charge in [0.2, 0.25) is 0 Å². The Hall–Kier alpha value is -1.63. The highest BCUT2D eigenvalue weighted by Crippen LogP contribution is 2.31. The molecule has 0 unspecified atom stereocenters. The highest BCUT2D eigenvalue weighted by Gasteiger charge is 2.12. The molecule has 1 aliphatic carbocycles. The fourth-order valence-electron chi connectivity index (χ4n) is 2.12. The van der Waals surface area contributed by atoms with Crippen LogP contribution in [0.3, 0.4) is 0 Å². The standard InChI is InChI=1S/C13H9F/c14-12-7-10-5-1-3-9-4-2-6-11(8-12)13(9)10/h1-7H,8H2. The first-order valence-electron chi connectivity index (χ1n) is 4.71. The number of rotatable bonds is 0. The highest BCUT2D eigenvalue weighted by molar-refractivity contribution is 5.95. The van der Waals surface area contributed by atoms with Crippen molar-refractivity contribution in [3.8, 4) is 0 Å². The molecule has 0 saturated carbocycles. The van der Waals surface area contributed by atoms with Crippen LogP contribution in [0.4, 0.5) is 4.39 Å². The van der Waals surface area contributed by atoms with Crippen LogP contribution in [0, 0.1) is 0 Å². The van der Waals surface area contributed by atoms with Gasteiger partial charge in [-0.15, -0.1) is 0 Å². The van der Waals surface area contributed by atoms with Gasteiger partial charge in [0.05, 0.1) is 0 Å². The summed E-state index contributed by atoms with van der Waals surface area (Å²) in [6.45, 7) is 0. The minimum Gasteiger partial charge on any atom is -0.211 e. The van der Waals surface area contributed by atoms with E-state index in [2.05, 4.69) is 12.1 Å². The van der Waals surface area contributed by atoms with Crippen molar-refractivity contribution in [2.24, 2.45) is 0 Å². The molecule has 0 fully saturated rings. The van der Waals surface area contributed by atoms with E-state index < -0.39 is 0 Å². The Labute approximate surface area is 81.7 Å². The first-order chi connectivity index (χ1) is 6.84. The summed E-state index contributed by atoms with van der Waals surface area (Å²) in [7, 11) is 0. The summed E-state index contributed by atoms with van der Waals surface area (Å²) < 4.78 is 13.3. The van der Waals surface area contributed by atoms with E-state index in [0.29, 0.717) is 6.42 Å². The van der Waals surface area contributed by atoms with Crippen LogP contribution < -0.4 is 0 Å². The minimum absolute atomic E-state index is 0.0452. The summed E-state index contributed by atoms with van der Waals surface area (Å²) in [5, 5.41) is 2.40. The molecule has 0 amide bonds. The van der Waals surface area contributed by atoms with E-state index >= 15 is 0 Å². The Morgan fingerprint density at radius 3 is 2.64 bits per heavy atom. The number of hydrogen-bond donors (Lipinski definition) is 0. The molecule has 0 aromatic heterocycles. The quantitative estimate of drug-likeness (QED) is 0.585. The molecule has 68 valence electrons. The molecule has 2 aromatic rings. The molecule has 0 nitrogen and oxygen atoms in total. The van der Waals surface area contributed by atoms with E-state index in [1.165, 1.54) is 10.8 Å². The molecule has 0 saturated heterocycles. The van der Waals surface area contributed by atoms with Gasteiger partial charge in [0.15, 0.2) is 0 Å². The van der Waals surface area contributed by atoms with Crippen LogP contribution in [0.2, 0.25) is 0 Å². The first kappa shape index (κ1) is 7.74. The number of hydrogen-bond acceptors (Lipinski definition) is 0. The van der Waals surface area contributed by atoms with E-state index in [1.54, 1.807) is 6.08 Å². The lowest BCUT2D eigenvalue weighted by molar-refractivity contribution is 0.619. The SMILES string of the molecule is FC1=Cc2cccc3cccc(c23)C1. The van der Waals surface area contributed by atoms with E-state index in [4.69, 9.17) is 0 Å². The third kappa shape index (κ3) is 0.987. The van der Waals surface area contributed by atoms with Gasteiger partial charge in [-0.1, -0.05) is 36.4 Å². The van der Waals surface area contributed by atoms with Crippen LogP contribution in [0.1, 0.15) is 11.1 Å². The van der Waals surface area contributed by atoms with Crippen LogP contribution in [-0.2, 0) is 6.42 Å². The molecule has 1 aliphatic rings. The summed E-state index contributed by atoms with van der Waals surface area (Å²) in [4.78, 5) is 0. The molecule has 0 heterocycles. The van der Waals surface area contributed by atoms with Crippen molar-refractivity contribution in [2.45, 2.75) is 6.42 Å². The minimum atomic E-state index is -0.0452. The van der Waals surface area contributed by atoms with Crippen molar-refractivity contribution in [2.75, 3.05) is 0 Å². The second kappa shape index (κ2) is 2.68. The molecule has 2 aromatic carbocycles. The molecule has 3 rings (SSSR count). The van der Waals surface area contributed by atoms with Crippen molar-refractivity contribution >= 4 is 16.8 Å². The Kier molecular flexibility index (Phi) is 1.48. The van der Waals surface area contributed by atoms with Crippen molar-refractivity contribution in [3.63, 3.8) is 0 Å². The summed E-state index contributed by atoms with van der Waals surface area (Å²) in [6, 6.07) is 12.1. The van der Waals surface area contributed by atoms with E-state index in [9.17, 15) is 4.39 Å². The van der Waals surface area contributed by atoms with Gasteiger partial charge >= 0.3 is 0 Å². The average molecular weight is 184 g/mol. The molecule has 0 atom stereocenters. The molecule has 14 heavy (non-hydrogen) atoms. The monoisotopic (exact) mass is 184 g/mol. The Bertz CT molecular complexity index is 533. The second-order valence-electron chi connectivity index (χ2n) is 3.63. The molecular weight excluding hydrogens is 175 g/mol. The van der Waals surface area contributed by atoms with Gasteiger partial charge in [-0.05, 0) is 28.0 Å². The van der Waals surface area contributed by atoms with Crippen molar-refractivity contribution < 1.29 is 4.39 Å². The smallest absolute Gasteiger partial charge is 0.105 e. The topological polar surface area (TPSA) is 0 Å². The highest BCUT2D eigenvalue weighted by atomic mass is 19.1. The molecule has 0 N–H and O–H groups in total. The van der Waals surface area contributed by atoms with Crippen LogP contribution >= 0.6 is 0 Å². The lowest BCUT2D eigenvalue weighted by Crippen LogP contribution is -1.95. The molecule has 1 heteroatoms. The van der Waals surface area contributed by atoms with Gasteiger partial charge in [0.25, 0.3) is 0 Å². The molecule has 0 aliphatic heterocycles. The lowest BCUT2D eigenvalue weighted by Gasteiger charge is -2.13. The predicted octanol–water partition coefficient (Wildman–Crippen LogP) is 3.71. The van der Waals surface area contributed by atoms with Gasteiger partial charge in [-0.3, -0.25) is 0 Å². The van der Waals surface area contributed by atoms with Crippen molar-refractivity contribution in [3.05, 3.63) is 53.4 Å². The second-order valence-corrected chi connectivity index (χ2v) is 3.63. The zero-order chi connectivity index (χ0) is 9.54. The van der Waals surface area contributed by atoms with E-state index in [-0.39, 0.29) is 5.83 Å². The van der Waals surface area contributed by atoms with Crippen LogP contribution in [0.15, 0.2) is 42.2 Å². The van der Waals surface area contributed by atoms with Crippen LogP contribution in [0.5, 0.6) is 0 Å². The van der Waals surface area contributed by atoms with E-state index in [1.807, 2.05) is 24.3 Å². The molecule has 0 radical (unpaired) electrons. The Balaban J connectivity index is 2.50. The third-order valence-electron chi connectivity index (χ3n) is 2.69. The molecule has 0 spiro atoms. The predicted molar refractivity (Wildman–Crippen MR) is 56.7 cm³/mol. The Morgan fingerprint density at radius 2 is 1.79 bits per heavy atom. The maximum atomic E-state index is 13.3. The zero-order valence-electron chi connectivity index (χ0n) is 7.63. The van der Waals surface area contributed by atoms with Gasteiger partial charge in [-0.25, -0.2) is 4.39 Å². The van der Waals surface area contributed by atoms with Gasteiger partial charge in [0, 0.05) is 6.42 Å². The fourth-order valence-corrected chi connectivity index (χ4v) is 2.12. The van der Waals surface area contributed by atoms with Gasteiger partial charge < -0.3 is 0 Å². The fraction of sp³-hybridized carbons (Fsp3) is 0.0769. The van der Waals surface area contributed by atoms with Gasteiger partial charge in [0.1, 0.15) is 5.83 Å². The maximum Gasteiger partial charge on any atom is 0.105 e. The van der Waals surface area contributed by atoms with Gasteiger partial charge in [-0.2, -0.15) is 0 Å². The molecular formula is C13H9F. The normalized spacial score (nSPS) is 14.2. The van der Waals surface area contributed by atoms with E-state index in [0.717, 1.165) is 11.1 Å². The Morgan fingerprint density at radius 1 is 1.00 bits per heavy atom. The summed E-state index contributed by atoms with van der Waals surface area (Å²) in [6.07, 6.45) is 2.07. The van der Waals surface area contributed by atoms with Crippen LogP contribution in [-0.4, -0.2) is 0 Å². The van der Waals surface area contributed by atoms with Crippen LogP contribution in [0.25, 0.3) is 16.8 Å². The first-order valence-corrected chi connectivity index (χ1v) is 4.71. The van der Waals surface area contributed by atoms with Crippen molar-refractivity contribution in [1.29, 1.82) is 0 Å². The summed E-state index contributed by atoms with van der Waals surface area (Å²) in [5.41, 5.74) is 2.10.